The fraction of sp³-hybridized carbons (Fsp3) is 0.789. The van der Waals surface area contributed by atoms with Gasteiger partial charge in [-0.25, -0.2) is 0 Å². The number of ether oxygens (including phenoxy) is 2. The topological polar surface area (TPSA) is 76.2 Å². The second-order valence-corrected chi connectivity index (χ2v) is 7.90. The number of nitrogens with one attached hydrogen (secondary N) is 2. The van der Waals surface area contributed by atoms with E-state index in [-0.39, 0.29) is 23.7 Å². The van der Waals surface area contributed by atoms with Crippen molar-refractivity contribution in [1.29, 1.82) is 0 Å². The molecule has 2 atom stereocenters. The first kappa shape index (κ1) is 18.4. The third kappa shape index (κ3) is 4.23. The third-order valence-corrected chi connectivity index (χ3v) is 5.65. The van der Waals surface area contributed by atoms with E-state index in [0.29, 0.717) is 19.6 Å². The van der Waals surface area contributed by atoms with Gasteiger partial charge in [-0.3, -0.25) is 9.89 Å². The maximum Gasteiger partial charge on any atom is 0.220 e. The summed E-state index contributed by atoms with van der Waals surface area (Å²) >= 11 is 0. The zero-order valence-corrected chi connectivity index (χ0v) is 15.9. The monoisotopic (exact) mass is 349 g/mol. The summed E-state index contributed by atoms with van der Waals surface area (Å²) in [5.41, 5.74) is 3.16. The van der Waals surface area contributed by atoms with Gasteiger partial charge >= 0.3 is 0 Å². The van der Waals surface area contributed by atoms with E-state index >= 15 is 0 Å². The van der Waals surface area contributed by atoms with Gasteiger partial charge in [0.2, 0.25) is 5.91 Å². The predicted molar refractivity (Wildman–Crippen MR) is 95.3 cm³/mol. The summed E-state index contributed by atoms with van der Waals surface area (Å²) in [5, 5.41) is 10.2. The van der Waals surface area contributed by atoms with Crippen molar-refractivity contribution in [1.82, 2.24) is 15.5 Å². The summed E-state index contributed by atoms with van der Waals surface area (Å²) in [5.74, 6) is 0.563. The van der Waals surface area contributed by atoms with Gasteiger partial charge in [0.1, 0.15) is 6.10 Å². The van der Waals surface area contributed by atoms with Crippen LogP contribution in [-0.2, 0) is 14.3 Å². The molecule has 2 fully saturated rings. The number of aryl methyl sites for hydroxylation is 2. The summed E-state index contributed by atoms with van der Waals surface area (Å²) in [6, 6.07) is 0. The molecule has 2 unspecified atom stereocenters. The average Bonchev–Trinajstić information content (AvgIpc) is 3.12. The molecular weight excluding hydrogens is 318 g/mol. The predicted octanol–water partition coefficient (Wildman–Crippen LogP) is 2.96. The van der Waals surface area contributed by atoms with Crippen LogP contribution in [0.25, 0.3) is 0 Å². The van der Waals surface area contributed by atoms with E-state index in [4.69, 9.17) is 9.47 Å². The molecule has 2 heterocycles. The Morgan fingerprint density at radius 3 is 2.76 bits per heavy atom. The van der Waals surface area contributed by atoms with Gasteiger partial charge in [-0.15, -0.1) is 0 Å². The molecule has 1 saturated carbocycles. The molecular formula is C19H31N3O3. The van der Waals surface area contributed by atoms with Crippen LogP contribution in [0.5, 0.6) is 0 Å². The van der Waals surface area contributed by atoms with E-state index < -0.39 is 0 Å². The molecule has 1 aromatic rings. The second-order valence-electron chi connectivity index (χ2n) is 7.90. The van der Waals surface area contributed by atoms with Gasteiger partial charge in [-0.1, -0.05) is 13.8 Å². The molecule has 6 nitrogen and oxygen atoms in total. The maximum absolute atomic E-state index is 12.3. The number of rotatable bonds is 5. The summed E-state index contributed by atoms with van der Waals surface area (Å²) in [7, 11) is 0. The minimum Gasteiger partial charge on any atom is -0.353 e. The van der Waals surface area contributed by atoms with E-state index in [1.807, 2.05) is 13.8 Å². The maximum atomic E-state index is 12.3. The lowest BCUT2D eigenvalue weighted by molar-refractivity contribution is -0.191. The van der Waals surface area contributed by atoms with Crippen molar-refractivity contribution >= 4 is 5.91 Å². The Kier molecular flexibility index (Phi) is 5.49. The molecule has 3 rings (SSSR count). The number of hydrogen-bond acceptors (Lipinski definition) is 4. The highest BCUT2D eigenvalue weighted by molar-refractivity contribution is 5.76. The Morgan fingerprint density at radius 1 is 1.40 bits per heavy atom. The van der Waals surface area contributed by atoms with Crippen LogP contribution in [0.1, 0.15) is 68.8 Å². The first-order valence-corrected chi connectivity index (χ1v) is 9.48. The summed E-state index contributed by atoms with van der Waals surface area (Å²) < 4.78 is 12.1. The van der Waals surface area contributed by atoms with Crippen molar-refractivity contribution in [2.24, 2.45) is 5.92 Å². The van der Waals surface area contributed by atoms with Crippen molar-refractivity contribution < 1.29 is 14.3 Å². The number of amides is 1. The van der Waals surface area contributed by atoms with Gasteiger partial charge in [-0.05, 0) is 44.1 Å². The van der Waals surface area contributed by atoms with Gasteiger partial charge in [0.25, 0.3) is 0 Å². The zero-order valence-electron chi connectivity index (χ0n) is 15.9. The molecule has 0 radical (unpaired) electrons. The van der Waals surface area contributed by atoms with Crippen molar-refractivity contribution in [2.75, 3.05) is 13.2 Å². The van der Waals surface area contributed by atoms with E-state index in [1.54, 1.807) is 0 Å². The standard InChI is InChI=1S/C19H31N3O3/c1-12-5-7-19(8-6-12)24-11-16(25-19)10-20-17(23)9-13(2)18-14(3)21-22-15(18)4/h12-13,16H,5-11H2,1-4H3,(H,20,23)(H,21,22). The van der Waals surface area contributed by atoms with Crippen molar-refractivity contribution in [3.8, 4) is 0 Å². The molecule has 1 aliphatic heterocycles. The smallest absolute Gasteiger partial charge is 0.220 e. The van der Waals surface area contributed by atoms with Crippen LogP contribution in [0.2, 0.25) is 0 Å². The van der Waals surface area contributed by atoms with Crippen LogP contribution >= 0.6 is 0 Å². The summed E-state index contributed by atoms with van der Waals surface area (Å²) in [4.78, 5) is 12.3. The Morgan fingerprint density at radius 2 is 2.12 bits per heavy atom. The van der Waals surface area contributed by atoms with E-state index in [1.165, 1.54) is 0 Å². The van der Waals surface area contributed by atoms with Crippen molar-refractivity contribution in [2.45, 2.75) is 77.6 Å². The molecule has 6 heteroatoms. The van der Waals surface area contributed by atoms with Crippen molar-refractivity contribution in [3.63, 3.8) is 0 Å². The van der Waals surface area contributed by atoms with Crippen LogP contribution < -0.4 is 5.32 Å². The minimum absolute atomic E-state index is 0.0370. The summed E-state index contributed by atoms with van der Waals surface area (Å²) in [6.07, 6.45) is 4.66. The van der Waals surface area contributed by atoms with Crippen LogP contribution in [-0.4, -0.2) is 41.1 Å². The molecule has 1 saturated heterocycles. The molecule has 1 aliphatic carbocycles. The molecule has 2 N–H and O–H groups in total. The zero-order chi connectivity index (χ0) is 18.0. The molecule has 2 aliphatic rings. The highest BCUT2D eigenvalue weighted by atomic mass is 16.7. The van der Waals surface area contributed by atoms with Crippen LogP contribution in [0.15, 0.2) is 0 Å². The van der Waals surface area contributed by atoms with Gasteiger partial charge < -0.3 is 14.8 Å². The molecule has 1 amide bonds. The number of H-pyrrole nitrogens is 1. The molecule has 1 aromatic heterocycles. The first-order chi connectivity index (χ1) is 11.9. The van der Waals surface area contributed by atoms with Gasteiger partial charge in [0, 0.05) is 31.5 Å². The number of carbonyl (C=O) groups is 1. The molecule has 1 spiro atoms. The molecule has 0 aromatic carbocycles. The number of nitrogens with zero attached hydrogens (tertiary/aromatic N) is 1. The van der Waals surface area contributed by atoms with E-state index in [0.717, 1.165) is 48.6 Å². The number of hydrogen-bond donors (Lipinski definition) is 2. The summed E-state index contributed by atoms with van der Waals surface area (Å²) in [6.45, 7) is 9.41. The lowest BCUT2D eigenvalue weighted by atomic mass is 9.86. The third-order valence-electron chi connectivity index (χ3n) is 5.65. The quantitative estimate of drug-likeness (QED) is 0.857. The largest absolute Gasteiger partial charge is 0.353 e. The molecule has 140 valence electrons. The Balaban J connectivity index is 1.44. The van der Waals surface area contributed by atoms with Crippen molar-refractivity contribution in [3.05, 3.63) is 17.0 Å². The number of aromatic amines is 1. The van der Waals surface area contributed by atoms with E-state index in [2.05, 4.69) is 29.4 Å². The van der Waals surface area contributed by atoms with Gasteiger partial charge in [0.15, 0.2) is 5.79 Å². The first-order valence-electron chi connectivity index (χ1n) is 9.48. The fourth-order valence-corrected chi connectivity index (χ4v) is 4.15. The Labute approximate surface area is 150 Å². The van der Waals surface area contributed by atoms with Crippen LogP contribution in [0.3, 0.4) is 0 Å². The van der Waals surface area contributed by atoms with Crippen LogP contribution in [0.4, 0.5) is 0 Å². The fourth-order valence-electron chi connectivity index (χ4n) is 4.15. The minimum atomic E-state index is -0.389. The SMILES string of the molecule is Cc1n[nH]c(C)c1C(C)CC(=O)NCC1COC2(CCC(C)CC2)O1. The second kappa shape index (κ2) is 7.46. The lowest BCUT2D eigenvalue weighted by Crippen LogP contribution is -2.38. The van der Waals surface area contributed by atoms with Gasteiger partial charge in [0.05, 0.1) is 12.3 Å². The molecule has 25 heavy (non-hydrogen) atoms. The van der Waals surface area contributed by atoms with Gasteiger partial charge in [-0.2, -0.15) is 5.10 Å². The highest BCUT2D eigenvalue weighted by Gasteiger charge is 2.43. The average molecular weight is 349 g/mol. The molecule has 0 bridgehead atoms. The Hall–Kier alpha value is -1.40. The number of carbonyl (C=O) groups excluding carboxylic acids is 1. The highest BCUT2D eigenvalue weighted by Crippen LogP contribution is 2.39. The number of aromatic nitrogens is 2. The Bertz CT molecular complexity index is 586. The normalized spacial score (nSPS) is 30.6. The van der Waals surface area contributed by atoms with E-state index in [9.17, 15) is 4.79 Å². The van der Waals surface area contributed by atoms with Crippen LogP contribution in [0, 0.1) is 19.8 Å². The lowest BCUT2D eigenvalue weighted by Gasteiger charge is -2.34.